The zero-order valence-corrected chi connectivity index (χ0v) is 16.6. The molecule has 1 aliphatic heterocycles. The fourth-order valence-corrected chi connectivity index (χ4v) is 3.48. The van der Waals surface area contributed by atoms with Crippen LogP contribution < -0.4 is 15.8 Å². The molecule has 7 nitrogen and oxygen atoms in total. The Morgan fingerprint density at radius 2 is 1.96 bits per heavy atom. The molecule has 3 rings (SSSR count). The van der Waals surface area contributed by atoms with Crippen LogP contribution in [-0.4, -0.2) is 59.4 Å². The van der Waals surface area contributed by atoms with E-state index in [4.69, 9.17) is 11.6 Å². The van der Waals surface area contributed by atoms with E-state index in [2.05, 4.69) is 21.9 Å². The molecule has 8 heteroatoms. The molecule has 1 aliphatic rings. The topological polar surface area (TPSA) is 70.5 Å². The monoisotopic (exact) mass is 401 g/mol. The van der Waals surface area contributed by atoms with E-state index < -0.39 is 0 Å². The Morgan fingerprint density at radius 3 is 2.61 bits per heavy atom. The van der Waals surface area contributed by atoms with Crippen LogP contribution in [0.3, 0.4) is 0 Å². The van der Waals surface area contributed by atoms with E-state index in [1.807, 2.05) is 42.2 Å². The molecule has 0 spiro atoms. The van der Waals surface area contributed by atoms with Crippen LogP contribution >= 0.6 is 11.6 Å². The number of rotatable bonds is 6. The summed E-state index contributed by atoms with van der Waals surface area (Å²) in [5.74, 6) is -0.0153. The Balaban J connectivity index is 1.69. The maximum atomic E-state index is 12.7. The molecule has 1 saturated heterocycles. The largest absolute Gasteiger partial charge is 0.366 e. The summed E-state index contributed by atoms with van der Waals surface area (Å²) in [7, 11) is 0. The van der Waals surface area contributed by atoms with E-state index in [9.17, 15) is 9.59 Å². The molecule has 1 aromatic carbocycles. The van der Waals surface area contributed by atoms with Crippen molar-refractivity contribution in [3.63, 3.8) is 0 Å². The number of hydrogen-bond donors (Lipinski definition) is 1. The highest BCUT2D eigenvalue weighted by atomic mass is 35.5. The van der Waals surface area contributed by atoms with Crippen molar-refractivity contribution < 1.29 is 4.79 Å². The molecule has 1 fully saturated rings. The van der Waals surface area contributed by atoms with Crippen LogP contribution in [0, 0.1) is 0 Å². The lowest BCUT2D eigenvalue weighted by Crippen LogP contribution is -2.54. The van der Waals surface area contributed by atoms with Crippen LogP contribution in [0.4, 0.5) is 5.69 Å². The molecule has 1 unspecified atom stereocenters. The highest BCUT2D eigenvalue weighted by Crippen LogP contribution is 2.23. The van der Waals surface area contributed by atoms with Crippen molar-refractivity contribution >= 4 is 23.2 Å². The standard InChI is InChI=1S/C20H24ClN5O2/c1-3-9-22-19(27)15(2)24-10-12-25(13-11-24)17-14-23-26(20(28)18(17)21)16-7-5-4-6-8-16/h3-8,14-15H,1,9-13H2,2H3,(H,22,27). The first-order valence-electron chi connectivity index (χ1n) is 9.23. The molecule has 2 heterocycles. The smallest absolute Gasteiger partial charge is 0.292 e. The lowest BCUT2D eigenvalue weighted by atomic mass is 10.2. The maximum absolute atomic E-state index is 12.7. The quantitative estimate of drug-likeness (QED) is 0.746. The van der Waals surface area contributed by atoms with Crippen molar-refractivity contribution in [1.82, 2.24) is 20.0 Å². The zero-order valence-electron chi connectivity index (χ0n) is 15.8. The average molecular weight is 402 g/mol. The van der Waals surface area contributed by atoms with Gasteiger partial charge in [-0.3, -0.25) is 14.5 Å². The van der Waals surface area contributed by atoms with Crippen molar-refractivity contribution in [2.75, 3.05) is 37.6 Å². The minimum Gasteiger partial charge on any atom is -0.366 e. The molecule has 0 saturated carbocycles. The lowest BCUT2D eigenvalue weighted by Gasteiger charge is -2.38. The minimum atomic E-state index is -0.343. The number of aromatic nitrogens is 2. The molecule has 148 valence electrons. The van der Waals surface area contributed by atoms with Crippen LogP contribution in [0.2, 0.25) is 5.02 Å². The summed E-state index contributed by atoms with van der Waals surface area (Å²) in [6.45, 7) is 8.68. The van der Waals surface area contributed by atoms with Crippen LogP contribution in [0.5, 0.6) is 0 Å². The number of carbonyl (C=O) groups excluding carboxylic acids is 1. The Kier molecular flexibility index (Phi) is 6.49. The first kappa shape index (κ1) is 20.1. The van der Waals surface area contributed by atoms with Crippen molar-refractivity contribution in [2.45, 2.75) is 13.0 Å². The molecular weight excluding hydrogens is 378 g/mol. The SMILES string of the molecule is C=CCNC(=O)C(C)N1CCN(c2cnn(-c3ccccc3)c(=O)c2Cl)CC1. The predicted molar refractivity (Wildman–Crippen MR) is 111 cm³/mol. The van der Waals surface area contributed by atoms with E-state index in [0.717, 1.165) is 0 Å². The average Bonchev–Trinajstić information content (AvgIpc) is 2.74. The minimum absolute atomic E-state index is 0.0153. The van der Waals surface area contributed by atoms with E-state index in [0.29, 0.717) is 44.1 Å². The predicted octanol–water partition coefficient (Wildman–Crippen LogP) is 1.70. The van der Waals surface area contributed by atoms with E-state index in [1.54, 1.807) is 12.3 Å². The number of nitrogens with one attached hydrogen (secondary N) is 1. The number of benzene rings is 1. The maximum Gasteiger partial charge on any atom is 0.292 e. The van der Waals surface area contributed by atoms with Crippen LogP contribution in [0.15, 0.2) is 54.0 Å². The van der Waals surface area contributed by atoms with Gasteiger partial charge in [-0.05, 0) is 19.1 Å². The molecule has 1 aromatic heterocycles. The number of amides is 1. The third-order valence-corrected chi connectivity index (χ3v) is 5.26. The van der Waals surface area contributed by atoms with E-state index in [1.165, 1.54) is 4.68 Å². The van der Waals surface area contributed by atoms with Gasteiger partial charge in [0.15, 0.2) is 0 Å². The first-order valence-corrected chi connectivity index (χ1v) is 9.61. The fourth-order valence-electron chi connectivity index (χ4n) is 3.23. The van der Waals surface area contributed by atoms with Gasteiger partial charge in [0.1, 0.15) is 5.02 Å². The second-order valence-electron chi connectivity index (χ2n) is 6.63. The van der Waals surface area contributed by atoms with Crippen molar-refractivity contribution in [2.24, 2.45) is 0 Å². The molecule has 28 heavy (non-hydrogen) atoms. The Bertz CT molecular complexity index is 891. The highest BCUT2D eigenvalue weighted by molar-refractivity contribution is 6.33. The number of anilines is 1. The Hall–Kier alpha value is -2.64. The number of piperazine rings is 1. The number of halogens is 1. The van der Waals surface area contributed by atoms with Gasteiger partial charge in [-0.25, -0.2) is 0 Å². The van der Waals surface area contributed by atoms with Gasteiger partial charge in [0.25, 0.3) is 5.56 Å². The van der Waals surface area contributed by atoms with Gasteiger partial charge in [0.2, 0.25) is 5.91 Å². The lowest BCUT2D eigenvalue weighted by molar-refractivity contribution is -0.125. The Labute approximate surface area is 169 Å². The summed E-state index contributed by atoms with van der Waals surface area (Å²) >= 11 is 6.39. The Morgan fingerprint density at radius 1 is 1.29 bits per heavy atom. The second-order valence-corrected chi connectivity index (χ2v) is 7.01. The summed E-state index contributed by atoms with van der Waals surface area (Å²) in [4.78, 5) is 29.0. The molecule has 1 atom stereocenters. The molecule has 0 bridgehead atoms. The van der Waals surface area contributed by atoms with E-state index >= 15 is 0 Å². The number of nitrogens with zero attached hydrogens (tertiary/aromatic N) is 4. The molecule has 2 aromatic rings. The summed E-state index contributed by atoms with van der Waals surface area (Å²) in [6.07, 6.45) is 3.29. The molecule has 0 aliphatic carbocycles. The third-order valence-electron chi connectivity index (χ3n) is 4.90. The van der Waals surface area contributed by atoms with Gasteiger partial charge in [-0.2, -0.15) is 9.78 Å². The molecule has 0 radical (unpaired) electrons. The van der Waals surface area contributed by atoms with E-state index in [-0.39, 0.29) is 22.5 Å². The normalized spacial score (nSPS) is 15.9. The van der Waals surface area contributed by atoms with Gasteiger partial charge in [0.05, 0.1) is 23.6 Å². The second kappa shape index (κ2) is 9.03. The fraction of sp³-hybridized carbons (Fsp3) is 0.350. The van der Waals surface area contributed by atoms with Crippen LogP contribution in [0.1, 0.15) is 6.92 Å². The first-order chi connectivity index (χ1) is 13.5. The van der Waals surface area contributed by atoms with Gasteiger partial charge >= 0.3 is 0 Å². The number of para-hydroxylation sites is 1. The third kappa shape index (κ3) is 4.26. The highest BCUT2D eigenvalue weighted by Gasteiger charge is 2.27. The summed E-state index contributed by atoms with van der Waals surface area (Å²) in [6, 6.07) is 8.96. The number of hydrogen-bond acceptors (Lipinski definition) is 5. The molecule has 1 amide bonds. The van der Waals surface area contributed by atoms with Gasteiger partial charge < -0.3 is 10.2 Å². The zero-order chi connectivity index (χ0) is 20.1. The van der Waals surface area contributed by atoms with Gasteiger partial charge in [-0.1, -0.05) is 35.9 Å². The molecule has 1 N–H and O–H groups in total. The molecular formula is C20H24ClN5O2. The van der Waals surface area contributed by atoms with Crippen molar-refractivity contribution in [3.05, 3.63) is 64.6 Å². The van der Waals surface area contributed by atoms with Crippen molar-refractivity contribution in [1.29, 1.82) is 0 Å². The van der Waals surface area contributed by atoms with Gasteiger partial charge in [-0.15, -0.1) is 6.58 Å². The number of carbonyl (C=O) groups is 1. The van der Waals surface area contributed by atoms with Crippen LogP contribution in [0.25, 0.3) is 5.69 Å². The van der Waals surface area contributed by atoms with Crippen LogP contribution in [-0.2, 0) is 4.79 Å². The van der Waals surface area contributed by atoms with Crippen molar-refractivity contribution in [3.8, 4) is 5.69 Å². The summed E-state index contributed by atoms with van der Waals surface area (Å²) in [5, 5.41) is 7.27. The summed E-state index contributed by atoms with van der Waals surface area (Å²) < 4.78 is 1.30. The summed E-state index contributed by atoms with van der Waals surface area (Å²) in [5.41, 5.74) is 0.956. The van der Waals surface area contributed by atoms with Gasteiger partial charge in [0, 0.05) is 32.7 Å².